The lowest BCUT2D eigenvalue weighted by molar-refractivity contribution is 0.904. The van der Waals surface area contributed by atoms with Crippen LogP contribution in [0.2, 0.25) is 5.02 Å². The molecule has 0 aliphatic carbocycles. The number of aromatic amines is 1. The highest BCUT2D eigenvalue weighted by atomic mass is 35.5. The highest BCUT2D eigenvalue weighted by molar-refractivity contribution is 7.98. The fraction of sp³-hybridized carbons (Fsp3) is 0.182. The second-order valence-corrected chi connectivity index (χ2v) is 5.02. The number of aryl methyl sites for hydroxylation is 1. The van der Waals surface area contributed by atoms with E-state index in [1.807, 2.05) is 0 Å². The molecule has 2 aromatic heterocycles. The number of anilines is 1. The molecule has 0 unspecified atom stereocenters. The molecule has 0 spiro atoms. The lowest BCUT2D eigenvalue weighted by Crippen LogP contribution is -2.08. The Bertz CT molecular complexity index is 629. The first kappa shape index (κ1) is 12.9. The summed E-state index contributed by atoms with van der Waals surface area (Å²) in [6.45, 7) is 1.77. The van der Waals surface area contributed by atoms with E-state index in [0.29, 0.717) is 33.1 Å². The zero-order chi connectivity index (χ0) is 13.1. The first-order valence-electron chi connectivity index (χ1n) is 5.16. The number of nitrogens with zero attached hydrogens (tertiary/aromatic N) is 2. The molecule has 0 aliphatic heterocycles. The van der Waals surface area contributed by atoms with Crippen LogP contribution in [0, 0.1) is 6.92 Å². The molecule has 0 atom stereocenters. The van der Waals surface area contributed by atoms with E-state index in [1.165, 1.54) is 17.8 Å². The van der Waals surface area contributed by atoms with E-state index in [0.717, 1.165) is 0 Å². The summed E-state index contributed by atoms with van der Waals surface area (Å²) in [6.07, 6.45) is 0. The summed E-state index contributed by atoms with van der Waals surface area (Å²) in [7, 11) is 0. The van der Waals surface area contributed by atoms with Gasteiger partial charge in [0.15, 0.2) is 5.16 Å². The largest absolute Gasteiger partial charge is 0.384 e. The van der Waals surface area contributed by atoms with Crippen molar-refractivity contribution in [1.82, 2.24) is 15.0 Å². The number of hydrogen-bond acceptors (Lipinski definition) is 5. The summed E-state index contributed by atoms with van der Waals surface area (Å²) < 4.78 is 0. The van der Waals surface area contributed by atoms with Gasteiger partial charge in [0.1, 0.15) is 5.82 Å². The maximum Gasteiger partial charge on any atom is 0.251 e. The fourth-order valence-electron chi connectivity index (χ4n) is 1.36. The summed E-state index contributed by atoms with van der Waals surface area (Å²) in [6, 6.07) is 4.78. The molecular formula is C11H11ClN4OS. The van der Waals surface area contributed by atoms with Gasteiger partial charge in [-0.05, 0) is 19.1 Å². The third-order valence-electron chi connectivity index (χ3n) is 2.13. The monoisotopic (exact) mass is 282 g/mol. The van der Waals surface area contributed by atoms with Gasteiger partial charge in [-0.2, -0.15) is 0 Å². The summed E-state index contributed by atoms with van der Waals surface area (Å²) in [5.74, 6) is 0.914. The SMILES string of the molecule is Cc1cc(=O)[nH]c(SCc2nc(N)ccc2Cl)n1. The Balaban J connectivity index is 2.16. The Kier molecular flexibility index (Phi) is 3.88. The molecule has 2 heterocycles. The van der Waals surface area contributed by atoms with Crippen molar-refractivity contribution >= 4 is 29.2 Å². The van der Waals surface area contributed by atoms with E-state index in [9.17, 15) is 4.79 Å². The van der Waals surface area contributed by atoms with Crippen LogP contribution in [0.1, 0.15) is 11.4 Å². The molecular weight excluding hydrogens is 272 g/mol. The minimum Gasteiger partial charge on any atom is -0.384 e. The normalized spacial score (nSPS) is 10.6. The molecule has 0 amide bonds. The molecule has 18 heavy (non-hydrogen) atoms. The van der Waals surface area contributed by atoms with E-state index < -0.39 is 0 Å². The van der Waals surface area contributed by atoms with Crippen molar-refractivity contribution in [2.45, 2.75) is 17.8 Å². The first-order valence-corrected chi connectivity index (χ1v) is 6.52. The van der Waals surface area contributed by atoms with Crippen LogP contribution in [0.3, 0.4) is 0 Å². The van der Waals surface area contributed by atoms with Crippen LogP contribution in [0.4, 0.5) is 5.82 Å². The maximum absolute atomic E-state index is 11.3. The molecule has 0 radical (unpaired) electrons. The third-order valence-corrected chi connectivity index (χ3v) is 3.36. The van der Waals surface area contributed by atoms with Gasteiger partial charge < -0.3 is 10.7 Å². The third kappa shape index (κ3) is 3.24. The van der Waals surface area contributed by atoms with Gasteiger partial charge in [0, 0.05) is 17.5 Å². The summed E-state index contributed by atoms with van der Waals surface area (Å²) >= 11 is 7.36. The molecule has 0 aromatic carbocycles. The molecule has 94 valence electrons. The van der Waals surface area contributed by atoms with E-state index in [-0.39, 0.29) is 5.56 Å². The van der Waals surface area contributed by atoms with Crippen molar-refractivity contribution in [1.29, 1.82) is 0 Å². The predicted octanol–water partition coefficient (Wildman–Crippen LogP) is 2.00. The Morgan fingerprint density at radius 3 is 2.94 bits per heavy atom. The second-order valence-electron chi connectivity index (χ2n) is 3.65. The van der Waals surface area contributed by atoms with Crippen LogP contribution in [-0.4, -0.2) is 15.0 Å². The number of pyridine rings is 1. The van der Waals surface area contributed by atoms with Crippen molar-refractivity contribution in [3.8, 4) is 0 Å². The standard InChI is InChI=1S/C11H11ClN4OS/c1-6-4-10(17)16-11(14-6)18-5-8-7(12)2-3-9(13)15-8/h2-4H,5H2,1H3,(H2,13,15)(H,14,16,17). The van der Waals surface area contributed by atoms with Gasteiger partial charge in [0.25, 0.3) is 5.56 Å². The number of aromatic nitrogens is 3. The van der Waals surface area contributed by atoms with Crippen LogP contribution in [0.25, 0.3) is 0 Å². The van der Waals surface area contributed by atoms with Crippen molar-refractivity contribution in [3.63, 3.8) is 0 Å². The van der Waals surface area contributed by atoms with Gasteiger partial charge in [0.05, 0.1) is 10.7 Å². The van der Waals surface area contributed by atoms with E-state index in [4.69, 9.17) is 17.3 Å². The van der Waals surface area contributed by atoms with E-state index in [2.05, 4.69) is 15.0 Å². The lowest BCUT2D eigenvalue weighted by atomic mass is 10.4. The molecule has 0 fully saturated rings. The predicted molar refractivity (Wildman–Crippen MR) is 72.8 cm³/mol. The zero-order valence-electron chi connectivity index (χ0n) is 9.61. The minimum atomic E-state index is -0.170. The molecule has 0 aliphatic rings. The number of halogens is 1. The van der Waals surface area contributed by atoms with Gasteiger partial charge in [0.2, 0.25) is 0 Å². The Labute approximate surface area is 113 Å². The van der Waals surface area contributed by atoms with Gasteiger partial charge in [-0.3, -0.25) is 4.79 Å². The van der Waals surface area contributed by atoms with Gasteiger partial charge in [-0.1, -0.05) is 23.4 Å². The van der Waals surface area contributed by atoms with Gasteiger partial charge >= 0.3 is 0 Å². The second kappa shape index (κ2) is 5.41. The number of rotatable bonds is 3. The molecule has 0 saturated heterocycles. The number of nitrogens with one attached hydrogen (secondary N) is 1. The van der Waals surface area contributed by atoms with Crippen LogP contribution in [0.5, 0.6) is 0 Å². The summed E-state index contributed by atoms with van der Waals surface area (Å²) in [5.41, 5.74) is 6.77. The van der Waals surface area contributed by atoms with Crippen LogP contribution < -0.4 is 11.3 Å². The quantitative estimate of drug-likeness (QED) is 0.664. The number of nitrogen functional groups attached to an aromatic ring is 1. The fourth-order valence-corrected chi connectivity index (χ4v) is 2.49. The first-order chi connectivity index (χ1) is 8.54. The number of H-pyrrole nitrogens is 1. The Morgan fingerprint density at radius 1 is 1.44 bits per heavy atom. The lowest BCUT2D eigenvalue weighted by Gasteiger charge is -2.04. The minimum absolute atomic E-state index is 0.170. The molecule has 0 bridgehead atoms. The average molecular weight is 283 g/mol. The highest BCUT2D eigenvalue weighted by Gasteiger charge is 2.05. The van der Waals surface area contributed by atoms with Gasteiger partial charge in [-0.15, -0.1) is 0 Å². The molecule has 5 nitrogen and oxygen atoms in total. The average Bonchev–Trinajstić information content (AvgIpc) is 2.29. The van der Waals surface area contributed by atoms with Crippen molar-refractivity contribution < 1.29 is 0 Å². The Morgan fingerprint density at radius 2 is 2.22 bits per heavy atom. The van der Waals surface area contributed by atoms with Crippen molar-refractivity contribution in [2.75, 3.05) is 5.73 Å². The molecule has 2 rings (SSSR count). The smallest absolute Gasteiger partial charge is 0.251 e. The number of hydrogen-bond donors (Lipinski definition) is 2. The highest BCUT2D eigenvalue weighted by Crippen LogP contribution is 2.23. The van der Waals surface area contributed by atoms with Crippen LogP contribution in [-0.2, 0) is 5.75 Å². The van der Waals surface area contributed by atoms with Crippen LogP contribution >= 0.6 is 23.4 Å². The summed E-state index contributed by atoms with van der Waals surface area (Å²) in [4.78, 5) is 22.3. The molecule has 0 saturated carbocycles. The van der Waals surface area contributed by atoms with E-state index >= 15 is 0 Å². The zero-order valence-corrected chi connectivity index (χ0v) is 11.2. The maximum atomic E-state index is 11.3. The number of nitrogens with two attached hydrogens (primary N) is 1. The number of thioether (sulfide) groups is 1. The van der Waals surface area contributed by atoms with Crippen molar-refractivity contribution in [3.05, 3.63) is 45.0 Å². The topological polar surface area (TPSA) is 84.7 Å². The van der Waals surface area contributed by atoms with E-state index in [1.54, 1.807) is 19.1 Å². The summed E-state index contributed by atoms with van der Waals surface area (Å²) in [5, 5.41) is 1.09. The molecule has 3 N–H and O–H groups in total. The molecule has 2 aromatic rings. The van der Waals surface area contributed by atoms with Crippen LogP contribution in [0.15, 0.2) is 28.2 Å². The Hall–Kier alpha value is -1.53. The molecule has 7 heteroatoms. The van der Waals surface area contributed by atoms with Gasteiger partial charge in [-0.25, -0.2) is 9.97 Å². The van der Waals surface area contributed by atoms with Crippen molar-refractivity contribution in [2.24, 2.45) is 0 Å².